The van der Waals surface area contributed by atoms with Crippen LogP contribution < -0.4 is 0 Å². The Kier molecular flexibility index (Phi) is 30.4. The molecule has 0 aliphatic carbocycles. The average Bonchev–Trinajstić information content (AvgIpc) is 3.02. The number of rotatable bonds is 33. The molecule has 0 aliphatic rings. The minimum atomic E-state index is -4.60. The number of hydrogen-bond acceptors (Lipinski definition) is 9. The lowest BCUT2D eigenvalue weighted by molar-refractivity contribution is -0.161. The van der Waals surface area contributed by atoms with Crippen LogP contribution in [0, 0.1) is 0 Å². The van der Waals surface area contributed by atoms with Crippen molar-refractivity contribution in [2.45, 2.75) is 167 Å². The van der Waals surface area contributed by atoms with Gasteiger partial charge < -0.3 is 24.6 Å². The summed E-state index contributed by atoms with van der Waals surface area (Å²) in [6, 6.07) is 0. The van der Waals surface area contributed by atoms with Gasteiger partial charge in [-0.2, -0.15) is 0 Å². The molecule has 0 saturated carbocycles. The normalized spacial score (nSPS) is 14.3. The third-order valence-corrected chi connectivity index (χ3v) is 8.37. The molecule has 0 amide bonds. The molecule has 266 valence electrons. The van der Waals surface area contributed by atoms with Crippen LogP contribution in [0.5, 0.6) is 0 Å². The van der Waals surface area contributed by atoms with Gasteiger partial charge in [0.25, 0.3) is 0 Å². The minimum Gasteiger partial charge on any atom is -0.462 e. The van der Waals surface area contributed by atoms with Crippen LogP contribution >= 0.6 is 7.82 Å². The van der Waals surface area contributed by atoms with Gasteiger partial charge in [0.05, 0.1) is 19.8 Å². The molecule has 0 bridgehead atoms. The summed E-state index contributed by atoms with van der Waals surface area (Å²) in [5.74, 6) is -0.932. The Morgan fingerprint density at radius 2 is 1.11 bits per heavy atom. The second-order valence-corrected chi connectivity index (χ2v) is 13.4. The Hall–Kier alpha value is -1.29. The maximum atomic E-state index is 12.4. The number of esters is 2. The first-order valence-electron chi connectivity index (χ1n) is 17.6. The number of ether oxygens (including phenoxy) is 2. The van der Waals surface area contributed by atoms with Crippen molar-refractivity contribution in [3.8, 4) is 0 Å². The fraction of sp³-hybridized carbons (Fsp3) is 0.882. The summed E-state index contributed by atoms with van der Waals surface area (Å²) in [5.41, 5.74) is 0. The number of allylic oxidation sites excluding steroid dienone is 2. The van der Waals surface area contributed by atoms with E-state index in [9.17, 15) is 24.2 Å². The van der Waals surface area contributed by atoms with Crippen LogP contribution in [0.1, 0.15) is 155 Å². The quantitative estimate of drug-likeness (QED) is 0.0272. The number of aliphatic hydroxyl groups excluding tert-OH is 2. The Morgan fingerprint density at radius 3 is 1.67 bits per heavy atom. The van der Waals surface area contributed by atoms with Crippen LogP contribution in [0.15, 0.2) is 12.2 Å². The van der Waals surface area contributed by atoms with Gasteiger partial charge in [0.2, 0.25) is 0 Å². The molecule has 45 heavy (non-hydrogen) atoms. The van der Waals surface area contributed by atoms with E-state index in [0.29, 0.717) is 12.8 Å². The number of aliphatic hydroxyl groups is 2. The van der Waals surface area contributed by atoms with Crippen molar-refractivity contribution < 1.29 is 47.8 Å². The van der Waals surface area contributed by atoms with Crippen molar-refractivity contribution in [2.24, 2.45) is 0 Å². The van der Waals surface area contributed by atoms with Crippen molar-refractivity contribution in [1.29, 1.82) is 0 Å². The molecule has 0 aromatic carbocycles. The number of unbranched alkanes of at least 4 members (excludes halogenated alkanes) is 17. The second kappa shape index (κ2) is 31.3. The number of carbonyl (C=O) groups excluding carboxylic acids is 2. The van der Waals surface area contributed by atoms with Crippen molar-refractivity contribution in [3.05, 3.63) is 12.2 Å². The topological polar surface area (TPSA) is 149 Å². The lowest BCUT2D eigenvalue weighted by atomic mass is 10.1. The van der Waals surface area contributed by atoms with Crippen LogP contribution in [0.25, 0.3) is 0 Å². The number of phosphoric ester groups is 1. The zero-order valence-electron chi connectivity index (χ0n) is 28.3. The summed E-state index contributed by atoms with van der Waals surface area (Å²) in [7, 11) is -4.60. The molecule has 0 fully saturated rings. The summed E-state index contributed by atoms with van der Waals surface area (Å²) >= 11 is 0. The van der Waals surface area contributed by atoms with Gasteiger partial charge in [-0.25, -0.2) is 4.57 Å². The lowest BCUT2D eigenvalue weighted by Gasteiger charge is -2.20. The van der Waals surface area contributed by atoms with E-state index in [1.807, 2.05) is 0 Å². The lowest BCUT2D eigenvalue weighted by Crippen LogP contribution is -2.29. The van der Waals surface area contributed by atoms with Gasteiger partial charge in [-0.1, -0.05) is 122 Å². The van der Waals surface area contributed by atoms with Crippen LogP contribution in [-0.4, -0.2) is 65.7 Å². The fourth-order valence-corrected chi connectivity index (χ4v) is 5.41. The Bertz CT molecular complexity index is 776. The standard InChI is InChI=1S/C34H65O10P/c1-3-5-7-9-11-12-13-14-15-16-17-18-20-21-23-25-33(37)41-29-32(30-43-45(39,40)42-28-31(36)27-35)44-34(38)26-24-22-19-10-8-6-4-2/h9,11,31-32,35-36H,3-8,10,12-30H2,1-2H3,(H,39,40)/b11-9+/t31-,32+/m1/s1. The van der Waals surface area contributed by atoms with E-state index in [-0.39, 0.29) is 19.4 Å². The molecule has 0 aliphatic heterocycles. The molecule has 0 heterocycles. The first-order valence-corrected chi connectivity index (χ1v) is 19.1. The minimum absolute atomic E-state index is 0.185. The Balaban J connectivity index is 4.30. The third-order valence-electron chi connectivity index (χ3n) is 7.42. The van der Waals surface area contributed by atoms with Crippen molar-refractivity contribution in [1.82, 2.24) is 0 Å². The van der Waals surface area contributed by atoms with Gasteiger partial charge in [0.1, 0.15) is 12.7 Å². The smallest absolute Gasteiger partial charge is 0.462 e. The highest BCUT2D eigenvalue weighted by atomic mass is 31.2. The average molecular weight is 665 g/mol. The summed E-state index contributed by atoms with van der Waals surface area (Å²) < 4.78 is 32.4. The molecular weight excluding hydrogens is 599 g/mol. The van der Waals surface area contributed by atoms with Gasteiger partial charge in [-0.15, -0.1) is 0 Å². The zero-order valence-corrected chi connectivity index (χ0v) is 29.2. The molecule has 11 heteroatoms. The maximum Gasteiger partial charge on any atom is 0.472 e. The molecule has 3 N–H and O–H groups in total. The van der Waals surface area contributed by atoms with Crippen molar-refractivity contribution in [2.75, 3.05) is 26.4 Å². The van der Waals surface area contributed by atoms with Crippen LogP contribution in [0.2, 0.25) is 0 Å². The first kappa shape index (κ1) is 43.7. The second-order valence-electron chi connectivity index (χ2n) is 11.9. The van der Waals surface area contributed by atoms with E-state index in [2.05, 4.69) is 30.5 Å². The summed E-state index contributed by atoms with van der Waals surface area (Å²) in [6.07, 6.45) is 24.9. The monoisotopic (exact) mass is 664 g/mol. The highest BCUT2D eigenvalue weighted by Crippen LogP contribution is 2.43. The molecular formula is C34H65O10P. The molecule has 0 spiro atoms. The van der Waals surface area contributed by atoms with Gasteiger partial charge in [-0.3, -0.25) is 18.6 Å². The summed E-state index contributed by atoms with van der Waals surface area (Å²) in [6.45, 7) is 2.27. The van der Waals surface area contributed by atoms with E-state index < -0.39 is 51.8 Å². The maximum absolute atomic E-state index is 12.4. The van der Waals surface area contributed by atoms with E-state index in [1.54, 1.807) is 0 Å². The molecule has 10 nitrogen and oxygen atoms in total. The van der Waals surface area contributed by atoms with Crippen LogP contribution in [0.4, 0.5) is 0 Å². The number of hydrogen-bond donors (Lipinski definition) is 3. The molecule has 3 atom stereocenters. The highest BCUT2D eigenvalue weighted by Gasteiger charge is 2.27. The molecule has 0 radical (unpaired) electrons. The SMILES string of the molecule is CCCC/C=C/CCCCCCCCCCCC(=O)OC[C@@H](COP(=O)(O)OC[C@H](O)CO)OC(=O)CCCCCCCCC. The fourth-order valence-electron chi connectivity index (χ4n) is 4.62. The molecule has 0 aromatic heterocycles. The Labute approximate surface area is 273 Å². The predicted octanol–water partition coefficient (Wildman–Crippen LogP) is 8.11. The van der Waals surface area contributed by atoms with Gasteiger partial charge in [0.15, 0.2) is 6.10 Å². The van der Waals surface area contributed by atoms with Crippen molar-refractivity contribution in [3.63, 3.8) is 0 Å². The molecule has 0 rings (SSSR count). The van der Waals surface area contributed by atoms with Crippen LogP contribution in [-0.2, 0) is 32.7 Å². The molecule has 0 saturated heterocycles. The first-order chi connectivity index (χ1) is 21.7. The summed E-state index contributed by atoms with van der Waals surface area (Å²) in [5, 5.41) is 18.2. The van der Waals surface area contributed by atoms with E-state index in [4.69, 9.17) is 19.1 Å². The largest absolute Gasteiger partial charge is 0.472 e. The van der Waals surface area contributed by atoms with Gasteiger partial charge in [-0.05, 0) is 32.1 Å². The van der Waals surface area contributed by atoms with Crippen molar-refractivity contribution >= 4 is 19.8 Å². The van der Waals surface area contributed by atoms with E-state index >= 15 is 0 Å². The Morgan fingerprint density at radius 1 is 0.644 bits per heavy atom. The number of carbonyl (C=O) groups is 2. The summed E-state index contributed by atoms with van der Waals surface area (Å²) in [4.78, 5) is 34.6. The highest BCUT2D eigenvalue weighted by molar-refractivity contribution is 7.47. The van der Waals surface area contributed by atoms with E-state index in [0.717, 1.165) is 38.5 Å². The molecule has 0 aromatic rings. The van der Waals surface area contributed by atoms with E-state index in [1.165, 1.54) is 77.0 Å². The van der Waals surface area contributed by atoms with Crippen LogP contribution in [0.3, 0.4) is 0 Å². The third kappa shape index (κ3) is 31.1. The number of phosphoric acid groups is 1. The zero-order chi connectivity index (χ0) is 33.4. The van der Waals surface area contributed by atoms with Gasteiger partial charge >= 0.3 is 19.8 Å². The van der Waals surface area contributed by atoms with Gasteiger partial charge in [0, 0.05) is 12.8 Å². The molecule has 1 unspecified atom stereocenters. The predicted molar refractivity (Wildman–Crippen MR) is 178 cm³/mol.